The molecule has 3 aromatic rings. The molecule has 1 atom stereocenters. The van der Waals surface area contributed by atoms with Crippen LogP contribution in [0.25, 0.3) is 5.65 Å². The standard InChI is InChI=1S/C17H16BrFN4OS/c1-25-9-7-14(16-22-21-15-4-2-3-8-23(15)16)20-17(24)12-10-11(19)5-6-13(12)18/h2-6,8,10,14H,7,9H2,1H3,(H,20,24). The van der Waals surface area contributed by atoms with Crippen LogP contribution in [0, 0.1) is 5.82 Å². The molecule has 130 valence electrons. The monoisotopic (exact) mass is 422 g/mol. The number of fused-ring (bicyclic) bond motifs is 1. The number of halogens is 2. The Labute approximate surface area is 157 Å². The average molecular weight is 423 g/mol. The van der Waals surface area contributed by atoms with E-state index in [1.54, 1.807) is 11.8 Å². The van der Waals surface area contributed by atoms with E-state index in [1.807, 2.05) is 35.1 Å². The fraction of sp³-hybridized carbons (Fsp3) is 0.235. The molecule has 0 aliphatic heterocycles. The number of thioether (sulfide) groups is 1. The van der Waals surface area contributed by atoms with Crippen LogP contribution in [0.1, 0.15) is 28.6 Å². The van der Waals surface area contributed by atoms with E-state index in [2.05, 4.69) is 31.4 Å². The summed E-state index contributed by atoms with van der Waals surface area (Å²) in [7, 11) is 0. The molecule has 0 saturated carbocycles. The zero-order chi connectivity index (χ0) is 17.8. The van der Waals surface area contributed by atoms with Gasteiger partial charge in [-0.15, -0.1) is 10.2 Å². The summed E-state index contributed by atoms with van der Waals surface area (Å²) in [5.74, 6) is 0.689. The van der Waals surface area contributed by atoms with Crippen molar-refractivity contribution in [3.05, 3.63) is 64.3 Å². The van der Waals surface area contributed by atoms with Gasteiger partial charge in [-0.1, -0.05) is 6.07 Å². The van der Waals surface area contributed by atoms with Gasteiger partial charge in [0.1, 0.15) is 5.82 Å². The van der Waals surface area contributed by atoms with Gasteiger partial charge in [-0.25, -0.2) is 4.39 Å². The van der Waals surface area contributed by atoms with Gasteiger partial charge < -0.3 is 5.32 Å². The van der Waals surface area contributed by atoms with Crippen molar-refractivity contribution in [2.24, 2.45) is 0 Å². The van der Waals surface area contributed by atoms with Crippen LogP contribution >= 0.6 is 27.7 Å². The lowest BCUT2D eigenvalue weighted by molar-refractivity contribution is 0.0932. The number of amides is 1. The smallest absolute Gasteiger partial charge is 0.253 e. The van der Waals surface area contributed by atoms with E-state index in [0.29, 0.717) is 22.4 Å². The molecule has 1 amide bonds. The van der Waals surface area contributed by atoms with Crippen molar-refractivity contribution in [3.63, 3.8) is 0 Å². The predicted molar refractivity (Wildman–Crippen MR) is 100 cm³/mol. The molecule has 0 saturated heterocycles. The van der Waals surface area contributed by atoms with Gasteiger partial charge in [0.05, 0.1) is 11.6 Å². The summed E-state index contributed by atoms with van der Waals surface area (Å²) >= 11 is 4.98. The maximum atomic E-state index is 13.5. The van der Waals surface area contributed by atoms with E-state index in [1.165, 1.54) is 18.2 Å². The summed E-state index contributed by atoms with van der Waals surface area (Å²) in [6, 6.07) is 9.34. The lowest BCUT2D eigenvalue weighted by Gasteiger charge is -2.17. The van der Waals surface area contributed by atoms with E-state index in [-0.39, 0.29) is 17.5 Å². The highest BCUT2D eigenvalue weighted by molar-refractivity contribution is 9.10. The average Bonchev–Trinajstić information content (AvgIpc) is 3.04. The van der Waals surface area contributed by atoms with Crippen molar-refractivity contribution in [2.75, 3.05) is 12.0 Å². The van der Waals surface area contributed by atoms with Crippen molar-refractivity contribution in [2.45, 2.75) is 12.5 Å². The summed E-state index contributed by atoms with van der Waals surface area (Å²) in [4.78, 5) is 12.7. The third kappa shape index (κ3) is 4.01. The highest BCUT2D eigenvalue weighted by Gasteiger charge is 2.22. The molecule has 0 fully saturated rings. The van der Waals surface area contributed by atoms with Crippen LogP contribution in [-0.2, 0) is 0 Å². The first-order valence-corrected chi connectivity index (χ1v) is 9.83. The fourth-order valence-electron chi connectivity index (χ4n) is 2.51. The first-order valence-electron chi connectivity index (χ1n) is 7.64. The largest absolute Gasteiger partial charge is 0.342 e. The molecule has 2 aromatic heterocycles. The highest BCUT2D eigenvalue weighted by atomic mass is 79.9. The minimum Gasteiger partial charge on any atom is -0.342 e. The maximum Gasteiger partial charge on any atom is 0.253 e. The van der Waals surface area contributed by atoms with Crippen LogP contribution in [0.3, 0.4) is 0 Å². The fourth-order valence-corrected chi connectivity index (χ4v) is 3.40. The Bertz CT molecular complexity index is 901. The molecule has 0 radical (unpaired) electrons. The number of hydrogen-bond donors (Lipinski definition) is 1. The number of hydrogen-bond acceptors (Lipinski definition) is 4. The van der Waals surface area contributed by atoms with Gasteiger partial charge in [0.25, 0.3) is 5.91 Å². The van der Waals surface area contributed by atoms with Crippen molar-refractivity contribution < 1.29 is 9.18 Å². The Balaban J connectivity index is 1.91. The zero-order valence-corrected chi connectivity index (χ0v) is 15.8. The summed E-state index contributed by atoms with van der Waals surface area (Å²) in [6.07, 6.45) is 4.56. The van der Waals surface area contributed by atoms with Crippen LogP contribution in [0.4, 0.5) is 4.39 Å². The molecule has 25 heavy (non-hydrogen) atoms. The SMILES string of the molecule is CSCCC(NC(=O)c1cc(F)ccc1Br)c1nnc2ccccn12. The van der Waals surface area contributed by atoms with E-state index >= 15 is 0 Å². The Morgan fingerprint density at radius 2 is 2.20 bits per heavy atom. The van der Waals surface area contributed by atoms with Gasteiger partial charge in [0.15, 0.2) is 11.5 Å². The molecule has 8 heteroatoms. The third-order valence-electron chi connectivity index (χ3n) is 3.74. The first-order chi connectivity index (χ1) is 12.1. The van der Waals surface area contributed by atoms with Crippen LogP contribution < -0.4 is 5.32 Å². The number of aromatic nitrogens is 3. The van der Waals surface area contributed by atoms with Crippen LogP contribution in [0.2, 0.25) is 0 Å². The predicted octanol–water partition coefficient (Wildman–Crippen LogP) is 3.86. The molecule has 1 N–H and O–H groups in total. The number of pyridine rings is 1. The number of nitrogens with zero attached hydrogens (tertiary/aromatic N) is 3. The van der Waals surface area contributed by atoms with E-state index in [9.17, 15) is 9.18 Å². The third-order valence-corrected chi connectivity index (χ3v) is 5.08. The van der Waals surface area contributed by atoms with Crippen molar-refractivity contribution >= 4 is 39.2 Å². The van der Waals surface area contributed by atoms with Gasteiger partial charge in [0, 0.05) is 10.7 Å². The Morgan fingerprint density at radius 1 is 1.36 bits per heavy atom. The molecule has 2 heterocycles. The van der Waals surface area contributed by atoms with Crippen LogP contribution in [-0.4, -0.2) is 32.5 Å². The van der Waals surface area contributed by atoms with Crippen molar-refractivity contribution in [3.8, 4) is 0 Å². The molecule has 0 spiro atoms. The zero-order valence-electron chi connectivity index (χ0n) is 13.4. The molecule has 1 aromatic carbocycles. The quantitative estimate of drug-likeness (QED) is 0.655. The van der Waals surface area contributed by atoms with E-state index in [0.717, 1.165) is 5.75 Å². The lowest BCUT2D eigenvalue weighted by Crippen LogP contribution is -2.30. The summed E-state index contributed by atoms with van der Waals surface area (Å²) in [5, 5.41) is 11.3. The molecule has 0 bridgehead atoms. The minimum atomic E-state index is -0.457. The summed E-state index contributed by atoms with van der Waals surface area (Å²) in [6.45, 7) is 0. The summed E-state index contributed by atoms with van der Waals surface area (Å²) in [5.41, 5.74) is 0.968. The molecule has 5 nitrogen and oxygen atoms in total. The van der Waals surface area contributed by atoms with Crippen LogP contribution in [0.5, 0.6) is 0 Å². The minimum absolute atomic E-state index is 0.253. The number of carbonyl (C=O) groups is 1. The van der Waals surface area contributed by atoms with Crippen molar-refractivity contribution in [1.82, 2.24) is 19.9 Å². The van der Waals surface area contributed by atoms with E-state index < -0.39 is 5.82 Å². The van der Waals surface area contributed by atoms with E-state index in [4.69, 9.17) is 0 Å². The Kier molecular flexibility index (Phi) is 5.70. The first kappa shape index (κ1) is 17.9. The second-order valence-corrected chi connectivity index (χ2v) is 7.26. The molecule has 1 unspecified atom stereocenters. The summed E-state index contributed by atoms with van der Waals surface area (Å²) < 4.78 is 15.9. The van der Waals surface area contributed by atoms with Gasteiger partial charge in [-0.05, 0) is 64.7 Å². The molecule has 0 aliphatic rings. The van der Waals surface area contributed by atoms with Gasteiger partial charge >= 0.3 is 0 Å². The van der Waals surface area contributed by atoms with Gasteiger partial charge in [-0.3, -0.25) is 9.20 Å². The molecule has 3 rings (SSSR count). The maximum absolute atomic E-state index is 13.5. The number of carbonyl (C=O) groups excluding carboxylic acids is 1. The Hall–Kier alpha value is -1.93. The topological polar surface area (TPSA) is 59.3 Å². The molecule has 0 aliphatic carbocycles. The van der Waals surface area contributed by atoms with Crippen LogP contribution in [0.15, 0.2) is 47.1 Å². The van der Waals surface area contributed by atoms with Gasteiger partial charge in [0.2, 0.25) is 0 Å². The second-order valence-electron chi connectivity index (χ2n) is 5.42. The van der Waals surface area contributed by atoms with Gasteiger partial charge in [-0.2, -0.15) is 11.8 Å². The number of nitrogens with one attached hydrogen (secondary N) is 1. The normalized spacial score (nSPS) is 12.3. The Morgan fingerprint density at radius 3 is 3.00 bits per heavy atom. The number of rotatable bonds is 6. The second kappa shape index (κ2) is 7.97. The molecular formula is C17H16BrFN4OS. The highest BCUT2D eigenvalue weighted by Crippen LogP contribution is 2.22. The number of benzene rings is 1. The lowest BCUT2D eigenvalue weighted by atomic mass is 10.1. The van der Waals surface area contributed by atoms with Crippen molar-refractivity contribution in [1.29, 1.82) is 0 Å². The molecular weight excluding hydrogens is 407 g/mol.